The molecular formula is C17H19FN2O4. The minimum atomic E-state index is -0.525. The van der Waals surface area contributed by atoms with Gasteiger partial charge in [-0.05, 0) is 31.5 Å². The Morgan fingerprint density at radius 2 is 1.96 bits per heavy atom. The van der Waals surface area contributed by atoms with Crippen LogP contribution in [-0.4, -0.2) is 23.5 Å². The van der Waals surface area contributed by atoms with Crippen molar-refractivity contribution in [1.82, 2.24) is 10.6 Å². The first-order valence-corrected chi connectivity index (χ1v) is 7.40. The lowest BCUT2D eigenvalue weighted by molar-refractivity contribution is -0.120. The van der Waals surface area contributed by atoms with E-state index >= 15 is 0 Å². The van der Waals surface area contributed by atoms with Crippen molar-refractivity contribution in [3.8, 4) is 0 Å². The first-order valence-electron chi connectivity index (χ1n) is 7.40. The summed E-state index contributed by atoms with van der Waals surface area (Å²) in [6.45, 7) is 2.96. The second-order valence-corrected chi connectivity index (χ2v) is 5.37. The third-order valence-corrected chi connectivity index (χ3v) is 3.47. The SMILES string of the molecule is Cc1cc(C(=O)NCC(=O)NCc2ccc(CO)c(F)c2)c(C)o1. The molecule has 128 valence electrons. The highest BCUT2D eigenvalue weighted by atomic mass is 19.1. The molecule has 24 heavy (non-hydrogen) atoms. The fourth-order valence-corrected chi connectivity index (χ4v) is 2.20. The number of rotatable bonds is 6. The van der Waals surface area contributed by atoms with E-state index in [9.17, 15) is 14.0 Å². The predicted molar refractivity (Wildman–Crippen MR) is 84.7 cm³/mol. The van der Waals surface area contributed by atoms with Crippen molar-refractivity contribution in [2.45, 2.75) is 27.0 Å². The molecule has 0 atom stereocenters. The molecule has 1 aromatic carbocycles. The van der Waals surface area contributed by atoms with Gasteiger partial charge in [0, 0.05) is 12.1 Å². The molecule has 2 rings (SSSR count). The van der Waals surface area contributed by atoms with Crippen LogP contribution in [0, 0.1) is 19.7 Å². The summed E-state index contributed by atoms with van der Waals surface area (Å²) in [5.41, 5.74) is 1.15. The van der Waals surface area contributed by atoms with Gasteiger partial charge in [-0.2, -0.15) is 0 Å². The molecule has 0 unspecified atom stereocenters. The van der Waals surface area contributed by atoms with E-state index in [1.807, 2.05) is 0 Å². The van der Waals surface area contributed by atoms with Crippen molar-refractivity contribution in [3.05, 3.63) is 58.3 Å². The molecular weight excluding hydrogens is 315 g/mol. The largest absolute Gasteiger partial charge is 0.466 e. The third-order valence-electron chi connectivity index (χ3n) is 3.47. The topological polar surface area (TPSA) is 91.6 Å². The molecule has 0 saturated heterocycles. The van der Waals surface area contributed by atoms with Crippen LogP contribution in [-0.2, 0) is 17.9 Å². The molecule has 0 saturated carbocycles. The van der Waals surface area contributed by atoms with Crippen LogP contribution in [0.25, 0.3) is 0 Å². The highest BCUT2D eigenvalue weighted by molar-refractivity contribution is 5.97. The minimum absolute atomic E-state index is 0.126. The molecule has 3 N–H and O–H groups in total. The van der Waals surface area contributed by atoms with Crippen LogP contribution < -0.4 is 10.6 Å². The predicted octanol–water partition coefficient (Wildman–Crippen LogP) is 1.57. The first-order chi connectivity index (χ1) is 11.4. The Morgan fingerprint density at radius 3 is 2.54 bits per heavy atom. The number of carbonyl (C=O) groups excluding carboxylic acids is 2. The highest BCUT2D eigenvalue weighted by Crippen LogP contribution is 2.13. The fourth-order valence-electron chi connectivity index (χ4n) is 2.20. The molecule has 2 aromatic rings. The molecule has 0 bridgehead atoms. The number of benzene rings is 1. The van der Waals surface area contributed by atoms with Gasteiger partial charge in [-0.15, -0.1) is 0 Å². The normalized spacial score (nSPS) is 10.5. The molecule has 1 heterocycles. The molecule has 0 fully saturated rings. The maximum atomic E-state index is 13.5. The lowest BCUT2D eigenvalue weighted by Gasteiger charge is -2.08. The summed E-state index contributed by atoms with van der Waals surface area (Å²) < 4.78 is 18.8. The first kappa shape index (κ1) is 17.7. The number of hydrogen-bond donors (Lipinski definition) is 3. The van der Waals surface area contributed by atoms with Crippen LogP contribution in [0.3, 0.4) is 0 Å². The van der Waals surface area contributed by atoms with E-state index in [1.54, 1.807) is 26.0 Å². The van der Waals surface area contributed by atoms with Gasteiger partial charge >= 0.3 is 0 Å². The Hall–Kier alpha value is -2.67. The van der Waals surface area contributed by atoms with Gasteiger partial charge < -0.3 is 20.2 Å². The van der Waals surface area contributed by atoms with Gasteiger partial charge in [-0.3, -0.25) is 9.59 Å². The van der Waals surface area contributed by atoms with Crippen LogP contribution >= 0.6 is 0 Å². The average Bonchev–Trinajstić information content (AvgIpc) is 2.89. The van der Waals surface area contributed by atoms with Gasteiger partial charge in [0.1, 0.15) is 17.3 Å². The Balaban J connectivity index is 1.82. The highest BCUT2D eigenvalue weighted by Gasteiger charge is 2.14. The summed E-state index contributed by atoms with van der Waals surface area (Å²) in [4.78, 5) is 23.7. The standard InChI is InChI=1S/C17H19FN2O4/c1-10-5-14(11(2)24-10)17(23)20-8-16(22)19-7-12-3-4-13(9-21)15(18)6-12/h3-6,21H,7-9H2,1-2H3,(H,19,22)(H,20,23). The van der Waals surface area contributed by atoms with Crippen LogP contribution in [0.4, 0.5) is 4.39 Å². The number of aliphatic hydroxyl groups excluding tert-OH is 1. The van der Waals surface area contributed by atoms with Crippen molar-refractivity contribution in [1.29, 1.82) is 0 Å². The van der Waals surface area contributed by atoms with E-state index in [2.05, 4.69) is 10.6 Å². The van der Waals surface area contributed by atoms with Gasteiger partial charge in [0.15, 0.2) is 0 Å². The molecule has 7 heteroatoms. The number of furan rings is 1. The molecule has 0 aliphatic heterocycles. The van der Waals surface area contributed by atoms with Crippen molar-refractivity contribution < 1.29 is 23.5 Å². The van der Waals surface area contributed by atoms with Crippen LogP contribution in [0.1, 0.15) is 33.0 Å². The molecule has 0 radical (unpaired) electrons. The van der Waals surface area contributed by atoms with E-state index < -0.39 is 17.6 Å². The number of aryl methyl sites for hydroxylation is 2. The van der Waals surface area contributed by atoms with Gasteiger partial charge in [-0.25, -0.2) is 4.39 Å². The summed E-state index contributed by atoms with van der Waals surface area (Å²) in [5.74, 6) is -0.200. The zero-order valence-corrected chi connectivity index (χ0v) is 13.5. The number of hydrogen-bond acceptors (Lipinski definition) is 4. The number of carbonyl (C=O) groups is 2. The van der Waals surface area contributed by atoms with Crippen molar-refractivity contribution in [3.63, 3.8) is 0 Å². The summed E-state index contributed by atoms with van der Waals surface area (Å²) >= 11 is 0. The number of halogens is 1. The van der Waals surface area contributed by atoms with Crippen LogP contribution in [0.5, 0.6) is 0 Å². The van der Waals surface area contributed by atoms with Gasteiger partial charge in [0.05, 0.1) is 18.7 Å². The van der Waals surface area contributed by atoms with E-state index in [0.717, 1.165) is 0 Å². The maximum absolute atomic E-state index is 13.5. The summed E-state index contributed by atoms with van der Waals surface area (Å²) in [6, 6.07) is 5.93. The third kappa shape index (κ3) is 4.42. The average molecular weight is 334 g/mol. The van der Waals surface area contributed by atoms with Crippen molar-refractivity contribution in [2.24, 2.45) is 0 Å². The summed E-state index contributed by atoms with van der Waals surface area (Å²) in [7, 11) is 0. The molecule has 6 nitrogen and oxygen atoms in total. The van der Waals surface area contributed by atoms with Crippen LogP contribution in [0.15, 0.2) is 28.7 Å². The Labute approximate surface area is 138 Å². The lowest BCUT2D eigenvalue weighted by atomic mass is 10.1. The van der Waals surface area contributed by atoms with Gasteiger partial charge in [0.2, 0.25) is 5.91 Å². The molecule has 1 aromatic heterocycles. The Morgan fingerprint density at radius 1 is 1.21 bits per heavy atom. The van der Waals surface area contributed by atoms with Crippen molar-refractivity contribution >= 4 is 11.8 Å². The number of amides is 2. The number of nitrogens with one attached hydrogen (secondary N) is 2. The van der Waals surface area contributed by atoms with E-state index in [0.29, 0.717) is 22.6 Å². The van der Waals surface area contributed by atoms with E-state index in [-0.39, 0.29) is 25.3 Å². The zero-order valence-electron chi connectivity index (χ0n) is 13.5. The second kappa shape index (κ2) is 7.74. The molecule has 0 aliphatic carbocycles. The monoisotopic (exact) mass is 334 g/mol. The van der Waals surface area contributed by atoms with Gasteiger partial charge in [0.25, 0.3) is 5.91 Å². The van der Waals surface area contributed by atoms with Crippen LogP contribution in [0.2, 0.25) is 0 Å². The summed E-state index contributed by atoms with van der Waals surface area (Å²) in [5, 5.41) is 14.0. The van der Waals surface area contributed by atoms with Crippen molar-refractivity contribution in [2.75, 3.05) is 6.54 Å². The second-order valence-electron chi connectivity index (χ2n) is 5.37. The summed E-state index contributed by atoms with van der Waals surface area (Å²) in [6.07, 6.45) is 0. The minimum Gasteiger partial charge on any atom is -0.466 e. The quantitative estimate of drug-likeness (QED) is 0.748. The van der Waals surface area contributed by atoms with E-state index in [4.69, 9.17) is 9.52 Å². The smallest absolute Gasteiger partial charge is 0.255 e. The number of aliphatic hydroxyl groups is 1. The fraction of sp³-hybridized carbons (Fsp3) is 0.294. The lowest BCUT2D eigenvalue weighted by Crippen LogP contribution is -2.36. The Bertz CT molecular complexity index is 755. The Kier molecular flexibility index (Phi) is 5.70. The van der Waals surface area contributed by atoms with E-state index in [1.165, 1.54) is 12.1 Å². The molecule has 0 aliphatic rings. The molecule has 2 amide bonds. The molecule has 0 spiro atoms. The zero-order chi connectivity index (χ0) is 17.7. The van der Waals surface area contributed by atoms with Gasteiger partial charge in [-0.1, -0.05) is 12.1 Å². The maximum Gasteiger partial charge on any atom is 0.255 e.